The lowest BCUT2D eigenvalue weighted by Crippen LogP contribution is -2.47. The summed E-state index contributed by atoms with van der Waals surface area (Å²) in [5.41, 5.74) is 1.48. The van der Waals surface area contributed by atoms with Crippen LogP contribution in [0, 0.1) is 11.3 Å². The zero-order valence-electron chi connectivity index (χ0n) is 14.2. The van der Waals surface area contributed by atoms with Crippen molar-refractivity contribution in [2.75, 3.05) is 13.1 Å². The Kier molecular flexibility index (Phi) is 6.22. The molecule has 1 aliphatic carbocycles. The van der Waals surface area contributed by atoms with E-state index in [1.54, 1.807) is 0 Å². The Morgan fingerprint density at radius 1 is 1.32 bits per heavy atom. The number of guanidine groups is 1. The molecule has 0 aromatic carbocycles. The third-order valence-electron chi connectivity index (χ3n) is 4.36. The highest BCUT2D eigenvalue weighted by atomic mass is 15.2. The van der Waals surface area contributed by atoms with E-state index in [9.17, 15) is 0 Å². The van der Waals surface area contributed by atoms with Gasteiger partial charge in [0.2, 0.25) is 0 Å². The molecule has 22 heavy (non-hydrogen) atoms. The molecule has 0 unspecified atom stereocenters. The monoisotopic (exact) mass is 302 g/mol. The third kappa shape index (κ3) is 5.00. The largest absolute Gasteiger partial charge is 0.357 e. The maximum Gasteiger partial charge on any atom is 0.191 e. The molecule has 1 aromatic heterocycles. The molecule has 122 valence electrons. The minimum Gasteiger partial charge on any atom is -0.357 e. The number of aliphatic imine (C=N–C) groups is 1. The standard InChI is InChI=1S/C18H30N4/c1-4-19-17(21-13-16-8-5-6-11-20-16)22-14-18(9-7-10-18)12-15(2)3/h5-6,8,11,15H,4,7,9-10,12-14H2,1-3H3,(H2,19,21,22). The number of hydrogen-bond donors (Lipinski definition) is 2. The van der Waals surface area contributed by atoms with Gasteiger partial charge >= 0.3 is 0 Å². The topological polar surface area (TPSA) is 49.3 Å². The summed E-state index contributed by atoms with van der Waals surface area (Å²) < 4.78 is 0. The van der Waals surface area contributed by atoms with Gasteiger partial charge in [-0.2, -0.15) is 0 Å². The molecule has 0 spiro atoms. The lowest BCUT2D eigenvalue weighted by Gasteiger charge is -2.43. The van der Waals surface area contributed by atoms with Crippen LogP contribution in [-0.2, 0) is 6.54 Å². The molecule has 2 N–H and O–H groups in total. The lowest BCUT2D eigenvalue weighted by atomic mass is 9.64. The first-order valence-corrected chi connectivity index (χ1v) is 8.56. The minimum atomic E-state index is 0.482. The summed E-state index contributed by atoms with van der Waals surface area (Å²) in [5.74, 6) is 1.67. The quantitative estimate of drug-likeness (QED) is 0.600. The fourth-order valence-electron chi connectivity index (χ4n) is 3.26. The van der Waals surface area contributed by atoms with Gasteiger partial charge in [0.15, 0.2) is 5.96 Å². The average molecular weight is 302 g/mol. The summed E-state index contributed by atoms with van der Waals surface area (Å²) in [6.07, 6.45) is 7.18. The second kappa shape index (κ2) is 8.16. The van der Waals surface area contributed by atoms with Crippen molar-refractivity contribution in [3.8, 4) is 0 Å². The molecule has 1 fully saturated rings. The molecule has 1 aliphatic rings. The van der Waals surface area contributed by atoms with Gasteiger partial charge in [-0.25, -0.2) is 4.99 Å². The third-order valence-corrected chi connectivity index (χ3v) is 4.36. The van der Waals surface area contributed by atoms with Gasteiger partial charge < -0.3 is 10.6 Å². The molecule has 0 amide bonds. The molecule has 2 rings (SSSR count). The van der Waals surface area contributed by atoms with Crippen LogP contribution in [0.1, 0.15) is 52.1 Å². The van der Waals surface area contributed by atoms with E-state index in [0.717, 1.165) is 30.7 Å². The Morgan fingerprint density at radius 3 is 2.68 bits per heavy atom. The maximum absolute atomic E-state index is 4.66. The molecule has 0 radical (unpaired) electrons. The predicted octanol–water partition coefficient (Wildman–Crippen LogP) is 3.35. The molecule has 1 heterocycles. The first-order chi connectivity index (χ1) is 10.6. The van der Waals surface area contributed by atoms with Gasteiger partial charge in [0, 0.05) is 19.3 Å². The SMILES string of the molecule is CCNC(=NCc1ccccn1)NCC1(CC(C)C)CCC1. The molecule has 1 aromatic rings. The van der Waals surface area contributed by atoms with Crippen molar-refractivity contribution in [3.05, 3.63) is 30.1 Å². The smallest absolute Gasteiger partial charge is 0.191 e. The van der Waals surface area contributed by atoms with Crippen molar-refractivity contribution in [2.24, 2.45) is 16.3 Å². The van der Waals surface area contributed by atoms with Crippen molar-refractivity contribution < 1.29 is 0 Å². The van der Waals surface area contributed by atoms with Crippen molar-refractivity contribution >= 4 is 5.96 Å². The Labute approximate surface area is 134 Å². The number of nitrogens with zero attached hydrogens (tertiary/aromatic N) is 2. The summed E-state index contributed by atoms with van der Waals surface area (Å²) in [4.78, 5) is 8.98. The molecule has 0 bridgehead atoms. The summed E-state index contributed by atoms with van der Waals surface area (Å²) in [6.45, 7) is 9.27. The first kappa shape index (κ1) is 16.8. The molecule has 0 aliphatic heterocycles. The number of pyridine rings is 1. The molecule has 1 saturated carbocycles. The normalized spacial score (nSPS) is 17.2. The molecule has 0 atom stereocenters. The van der Waals surface area contributed by atoms with E-state index in [2.05, 4.69) is 41.4 Å². The number of rotatable bonds is 7. The fourth-order valence-corrected chi connectivity index (χ4v) is 3.26. The average Bonchev–Trinajstić information content (AvgIpc) is 2.47. The van der Waals surface area contributed by atoms with E-state index >= 15 is 0 Å². The van der Waals surface area contributed by atoms with Gasteiger partial charge in [0.05, 0.1) is 12.2 Å². The first-order valence-electron chi connectivity index (χ1n) is 8.56. The van der Waals surface area contributed by atoms with Crippen molar-refractivity contribution in [2.45, 2.75) is 53.0 Å². The van der Waals surface area contributed by atoms with Gasteiger partial charge in [0.1, 0.15) is 0 Å². The van der Waals surface area contributed by atoms with Gasteiger partial charge in [-0.05, 0) is 49.7 Å². The lowest BCUT2D eigenvalue weighted by molar-refractivity contribution is 0.104. The number of hydrogen-bond acceptors (Lipinski definition) is 2. The van der Waals surface area contributed by atoms with Gasteiger partial charge in [-0.3, -0.25) is 4.98 Å². The molecule has 0 saturated heterocycles. The number of aromatic nitrogens is 1. The Bertz CT molecular complexity index is 463. The highest BCUT2D eigenvalue weighted by Crippen LogP contribution is 2.45. The van der Waals surface area contributed by atoms with E-state index in [1.807, 2.05) is 24.4 Å². The van der Waals surface area contributed by atoms with E-state index in [-0.39, 0.29) is 0 Å². The molecule has 4 nitrogen and oxygen atoms in total. The van der Waals surface area contributed by atoms with Crippen molar-refractivity contribution in [3.63, 3.8) is 0 Å². The second-order valence-electron chi connectivity index (χ2n) is 6.82. The summed E-state index contributed by atoms with van der Waals surface area (Å²) in [7, 11) is 0. The van der Waals surface area contributed by atoms with Crippen LogP contribution in [0.15, 0.2) is 29.4 Å². The highest BCUT2D eigenvalue weighted by Gasteiger charge is 2.37. The van der Waals surface area contributed by atoms with E-state index in [1.165, 1.54) is 25.7 Å². The van der Waals surface area contributed by atoms with Crippen LogP contribution in [0.5, 0.6) is 0 Å². The van der Waals surface area contributed by atoms with Crippen LogP contribution >= 0.6 is 0 Å². The summed E-state index contributed by atoms with van der Waals surface area (Å²) in [5, 5.41) is 6.89. The Balaban J connectivity index is 1.90. The van der Waals surface area contributed by atoms with E-state index in [4.69, 9.17) is 0 Å². The Morgan fingerprint density at radius 2 is 2.14 bits per heavy atom. The van der Waals surface area contributed by atoms with Crippen LogP contribution < -0.4 is 10.6 Å². The molecule has 4 heteroatoms. The van der Waals surface area contributed by atoms with Gasteiger partial charge in [0.25, 0.3) is 0 Å². The summed E-state index contributed by atoms with van der Waals surface area (Å²) in [6, 6.07) is 5.95. The fraction of sp³-hybridized carbons (Fsp3) is 0.667. The Hall–Kier alpha value is -1.58. The summed E-state index contributed by atoms with van der Waals surface area (Å²) >= 11 is 0. The van der Waals surface area contributed by atoms with E-state index < -0.39 is 0 Å². The minimum absolute atomic E-state index is 0.482. The zero-order chi connectivity index (χ0) is 15.8. The second-order valence-corrected chi connectivity index (χ2v) is 6.82. The van der Waals surface area contributed by atoms with Crippen LogP contribution in [0.25, 0.3) is 0 Å². The maximum atomic E-state index is 4.66. The zero-order valence-corrected chi connectivity index (χ0v) is 14.2. The van der Waals surface area contributed by atoms with Gasteiger partial charge in [-0.1, -0.05) is 26.3 Å². The van der Waals surface area contributed by atoms with Crippen LogP contribution in [0.2, 0.25) is 0 Å². The van der Waals surface area contributed by atoms with E-state index in [0.29, 0.717) is 12.0 Å². The van der Waals surface area contributed by atoms with Crippen LogP contribution in [0.4, 0.5) is 0 Å². The molecular formula is C18H30N4. The predicted molar refractivity (Wildman–Crippen MR) is 92.8 cm³/mol. The van der Waals surface area contributed by atoms with Crippen molar-refractivity contribution in [1.82, 2.24) is 15.6 Å². The highest BCUT2D eigenvalue weighted by molar-refractivity contribution is 5.79. The van der Waals surface area contributed by atoms with Crippen LogP contribution in [-0.4, -0.2) is 24.0 Å². The number of nitrogens with one attached hydrogen (secondary N) is 2. The van der Waals surface area contributed by atoms with Gasteiger partial charge in [-0.15, -0.1) is 0 Å². The van der Waals surface area contributed by atoms with Crippen LogP contribution in [0.3, 0.4) is 0 Å². The van der Waals surface area contributed by atoms with Crippen molar-refractivity contribution in [1.29, 1.82) is 0 Å². The molecular weight excluding hydrogens is 272 g/mol.